The summed E-state index contributed by atoms with van der Waals surface area (Å²) in [4.78, 5) is 36.4. The van der Waals surface area contributed by atoms with Crippen LogP contribution in [0.5, 0.6) is 0 Å². The van der Waals surface area contributed by atoms with E-state index >= 15 is 0 Å². The Morgan fingerprint density at radius 3 is 1.23 bits per heavy atom. The molecular weight excluding hydrogens is 913 g/mol. The van der Waals surface area contributed by atoms with E-state index in [1.54, 1.807) is 0 Å². The lowest BCUT2D eigenvalue weighted by Crippen LogP contribution is -2.43. The number of allylic oxidation sites excluding steroid dienone is 2. The van der Waals surface area contributed by atoms with Gasteiger partial charge in [0.2, 0.25) is 16.6 Å². The standard InChI is InChI=1S/2C24H35BrN2O2Si/c2*1-24(2,3)30(5,6)29-20-15-18-17-14-16(25)10-11-19(17)26(4)22(18)21(20)23(28)27-12-8-7-9-13-27/h2*10-11,14,18,22H,7-9,12-13,15H2,1-6H3/t2*18-,22+/m11/s1. The Kier molecular flexibility index (Phi) is 12.8. The van der Waals surface area contributed by atoms with Gasteiger partial charge in [0.15, 0.2) is 0 Å². The average molecular weight is 983 g/mol. The molecule has 2 fully saturated rings. The molecule has 0 aromatic heterocycles. The highest BCUT2D eigenvalue weighted by Crippen LogP contribution is 2.55. The van der Waals surface area contributed by atoms with Gasteiger partial charge in [0, 0.05) is 85.3 Å². The normalized spacial score (nSPS) is 24.2. The lowest BCUT2D eigenvalue weighted by Gasteiger charge is -2.38. The second kappa shape index (κ2) is 16.9. The number of nitrogens with zero attached hydrogens (tertiary/aromatic N) is 4. The molecule has 6 aliphatic rings. The van der Waals surface area contributed by atoms with Gasteiger partial charge in [-0.25, -0.2) is 0 Å². The van der Waals surface area contributed by atoms with Gasteiger partial charge >= 0.3 is 0 Å². The molecule has 8 rings (SSSR count). The minimum atomic E-state index is -2.04. The molecule has 0 saturated carbocycles. The summed E-state index contributed by atoms with van der Waals surface area (Å²) in [5, 5.41) is 0.202. The number of hydrogen-bond donors (Lipinski definition) is 0. The van der Waals surface area contributed by atoms with Crippen molar-refractivity contribution in [2.75, 3.05) is 50.1 Å². The van der Waals surface area contributed by atoms with E-state index in [0.717, 1.165) is 96.3 Å². The molecule has 12 heteroatoms. The maximum Gasteiger partial charge on any atom is 0.255 e. The fourth-order valence-electron chi connectivity index (χ4n) is 9.79. The number of hydrogen-bond acceptors (Lipinski definition) is 6. The monoisotopic (exact) mass is 980 g/mol. The summed E-state index contributed by atoms with van der Waals surface area (Å²) in [6.07, 6.45) is 8.51. The predicted molar refractivity (Wildman–Crippen MR) is 259 cm³/mol. The molecule has 4 heterocycles. The number of piperidine rings is 2. The first-order valence-electron chi connectivity index (χ1n) is 22.5. The Morgan fingerprint density at radius 2 is 0.917 bits per heavy atom. The van der Waals surface area contributed by atoms with E-state index in [4.69, 9.17) is 8.85 Å². The SMILES string of the molecule is CN1c2ccc(Br)cc2[C@H]2CC(O[Si](C)(C)C(C)(C)C)=C(C(=O)N3CCCCC3)[C@H]21.CN1c2ccc(Br)cc2[C@H]2CC(O[Si](C)(C)C(C)(C)C)=C(C(=O)N3CCCCC3)[C@H]21. The molecule has 0 bridgehead atoms. The van der Waals surface area contributed by atoms with Crippen molar-refractivity contribution in [1.29, 1.82) is 0 Å². The van der Waals surface area contributed by atoms with Crippen LogP contribution in [0.3, 0.4) is 0 Å². The molecule has 0 N–H and O–H groups in total. The summed E-state index contributed by atoms with van der Waals surface area (Å²) in [7, 11) is 0.198. The third kappa shape index (κ3) is 8.46. The maximum atomic E-state index is 13.8. The van der Waals surface area contributed by atoms with Gasteiger partial charge in [-0.2, -0.15) is 0 Å². The van der Waals surface area contributed by atoms with Crippen molar-refractivity contribution in [3.8, 4) is 0 Å². The Balaban J connectivity index is 0.000000181. The number of benzene rings is 2. The van der Waals surface area contributed by atoms with Crippen LogP contribution >= 0.6 is 31.9 Å². The number of likely N-dealkylation sites (N-methyl/N-ethyl adjacent to an activating group) is 2. The van der Waals surface area contributed by atoms with Gasteiger partial charge in [0.1, 0.15) is 0 Å². The first-order chi connectivity index (χ1) is 28.0. The van der Waals surface area contributed by atoms with Crippen LogP contribution in [-0.2, 0) is 18.4 Å². The molecule has 328 valence electrons. The second-order valence-corrected chi connectivity index (χ2v) is 32.5. The van der Waals surface area contributed by atoms with Crippen molar-refractivity contribution in [1.82, 2.24) is 9.80 Å². The number of amides is 2. The minimum absolute atomic E-state index is 0.0727. The first kappa shape index (κ1) is 45.5. The van der Waals surface area contributed by atoms with Gasteiger partial charge in [-0.15, -0.1) is 0 Å². The average Bonchev–Trinajstić information content (AvgIpc) is 3.88. The van der Waals surface area contributed by atoms with E-state index in [9.17, 15) is 9.59 Å². The lowest BCUT2D eigenvalue weighted by molar-refractivity contribution is -0.129. The number of anilines is 2. The van der Waals surface area contributed by atoms with Crippen LogP contribution in [0.25, 0.3) is 0 Å². The highest BCUT2D eigenvalue weighted by molar-refractivity contribution is 9.10. The van der Waals surface area contributed by atoms with Crippen molar-refractivity contribution in [2.24, 2.45) is 0 Å². The summed E-state index contributed by atoms with van der Waals surface area (Å²) in [5.41, 5.74) is 6.97. The molecule has 4 aliphatic heterocycles. The summed E-state index contributed by atoms with van der Waals surface area (Å²) >= 11 is 7.29. The third-order valence-electron chi connectivity index (χ3n) is 15.3. The number of likely N-dealkylation sites (tertiary alicyclic amines) is 2. The minimum Gasteiger partial charge on any atom is -0.546 e. The molecule has 0 radical (unpaired) electrons. The van der Waals surface area contributed by atoms with Gasteiger partial charge in [-0.3, -0.25) is 9.59 Å². The molecule has 4 atom stereocenters. The molecule has 2 aromatic rings. The maximum absolute atomic E-state index is 13.8. The van der Waals surface area contributed by atoms with Crippen molar-refractivity contribution in [3.63, 3.8) is 0 Å². The number of fused-ring (bicyclic) bond motifs is 6. The number of carbonyl (C=O) groups is 2. The topological polar surface area (TPSA) is 65.6 Å². The van der Waals surface area contributed by atoms with Crippen LogP contribution in [0.4, 0.5) is 11.4 Å². The van der Waals surface area contributed by atoms with Gasteiger partial charge in [-0.1, -0.05) is 73.4 Å². The van der Waals surface area contributed by atoms with Crippen LogP contribution in [0, 0.1) is 0 Å². The van der Waals surface area contributed by atoms with Crippen molar-refractivity contribution in [2.45, 2.75) is 153 Å². The smallest absolute Gasteiger partial charge is 0.255 e. The van der Waals surface area contributed by atoms with E-state index in [1.807, 2.05) is 0 Å². The van der Waals surface area contributed by atoms with Gasteiger partial charge < -0.3 is 28.5 Å². The Morgan fingerprint density at radius 1 is 0.583 bits per heavy atom. The molecule has 60 heavy (non-hydrogen) atoms. The number of halogens is 2. The molecule has 2 saturated heterocycles. The quantitative estimate of drug-likeness (QED) is 0.269. The predicted octanol–water partition coefficient (Wildman–Crippen LogP) is 12.1. The van der Waals surface area contributed by atoms with Gasteiger partial charge in [0.05, 0.1) is 34.7 Å². The fourth-order valence-corrected chi connectivity index (χ4v) is 12.8. The molecule has 0 spiro atoms. The summed E-state index contributed by atoms with van der Waals surface area (Å²) in [5.74, 6) is 2.90. The molecular formula is C48H70Br2N4O4Si2. The highest BCUT2D eigenvalue weighted by Gasteiger charge is 2.53. The highest BCUT2D eigenvalue weighted by atomic mass is 79.9. The Bertz CT molecular complexity index is 1910. The van der Waals surface area contributed by atoms with Crippen LogP contribution < -0.4 is 9.80 Å². The van der Waals surface area contributed by atoms with Crippen LogP contribution in [0.1, 0.15) is 116 Å². The second-order valence-electron chi connectivity index (χ2n) is 21.2. The van der Waals surface area contributed by atoms with E-state index < -0.39 is 16.6 Å². The lowest BCUT2D eigenvalue weighted by atomic mass is 9.94. The summed E-state index contributed by atoms with van der Waals surface area (Å²) in [6, 6.07) is 13.2. The summed E-state index contributed by atoms with van der Waals surface area (Å²) in [6.45, 7) is 26.2. The van der Waals surface area contributed by atoms with E-state index in [2.05, 4.69) is 170 Å². The molecule has 2 amide bonds. The van der Waals surface area contributed by atoms with E-state index in [0.29, 0.717) is 0 Å². The molecule has 2 aromatic carbocycles. The van der Waals surface area contributed by atoms with Crippen LogP contribution in [0.2, 0.25) is 36.3 Å². The van der Waals surface area contributed by atoms with Crippen molar-refractivity contribution in [3.05, 3.63) is 79.1 Å². The first-order valence-corrected chi connectivity index (χ1v) is 29.9. The van der Waals surface area contributed by atoms with Crippen molar-refractivity contribution < 1.29 is 18.4 Å². The van der Waals surface area contributed by atoms with E-state index in [1.165, 1.54) is 35.3 Å². The van der Waals surface area contributed by atoms with Gasteiger partial charge in [-0.05, 0) is 122 Å². The number of rotatable bonds is 6. The zero-order valence-electron chi connectivity index (χ0n) is 38.4. The Labute approximate surface area is 380 Å². The van der Waals surface area contributed by atoms with Crippen LogP contribution in [0.15, 0.2) is 68.0 Å². The largest absolute Gasteiger partial charge is 0.546 e. The number of carbonyl (C=O) groups excluding carboxylic acids is 2. The van der Waals surface area contributed by atoms with Crippen LogP contribution in [-0.4, -0.2) is 90.6 Å². The van der Waals surface area contributed by atoms with Crippen molar-refractivity contribution >= 4 is 71.7 Å². The molecule has 2 aliphatic carbocycles. The molecule has 8 nitrogen and oxygen atoms in total. The summed E-state index contributed by atoms with van der Waals surface area (Å²) < 4.78 is 15.9. The zero-order valence-corrected chi connectivity index (χ0v) is 43.6. The zero-order chi connectivity index (χ0) is 43.7. The fraction of sp³-hybridized carbons (Fsp3) is 0.625. The van der Waals surface area contributed by atoms with Gasteiger partial charge in [0.25, 0.3) is 11.8 Å². The molecule has 0 unspecified atom stereocenters. The van der Waals surface area contributed by atoms with E-state index in [-0.39, 0.29) is 45.8 Å². The third-order valence-corrected chi connectivity index (χ3v) is 25.0. The Hall–Kier alpha value is -2.55.